The minimum atomic E-state index is 0.259. The number of phenols is 1. The first-order chi connectivity index (χ1) is 8.09. The van der Waals surface area contributed by atoms with E-state index in [4.69, 9.17) is 0 Å². The highest BCUT2D eigenvalue weighted by molar-refractivity contribution is 5.45. The molecule has 90 valence electrons. The van der Waals surface area contributed by atoms with Gasteiger partial charge in [-0.2, -0.15) is 0 Å². The summed E-state index contributed by atoms with van der Waals surface area (Å²) in [5, 5.41) is 10.00. The number of aromatic hydroxyl groups is 1. The summed E-state index contributed by atoms with van der Waals surface area (Å²) in [4.78, 5) is 0. The maximum atomic E-state index is 10.00. The zero-order valence-electron chi connectivity index (χ0n) is 10.8. The molecule has 1 aliphatic carbocycles. The van der Waals surface area contributed by atoms with Gasteiger partial charge >= 0.3 is 0 Å². The molecule has 1 aromatic rings. The summed E-state index contributed by atoms with van der Waals surface area (Å²) in [6.45, 7) is 6.50. The van der Waals surface area contributed by atoms with Gasteiger partial charge in [0.1, 0.15) is 5.75 Å². The van der Waals surface area contributed by atoms with E-state index in [9.17, 15) is 5.11 Å². The summed E-state index contributed by atoms with van der Waals surface area (Å²) in [5.74, 6) is 0.664. The van der Waals surface area contributed by atoms with Gasteiger partial charge in [-0.05, 0) is 39.7 Å². The third-order valence-corrected chi connectivity index (χ3v) is 3.53. The SMILES string of the molecule is CC1=C[C@H](c2ccccc2O)C(=C(C)C)CC1. The predicted octanol–water partition coefficient (Wildman–Crippen LogP) is 4.55. The standard InChI is InChI=1S/C16H20O/c1-11(2)13-9-8-12(3)10-15(13)14-6-4-5-7-16(14)17/h4-7,10,15,17H,8-9H2,1-3H3/t15-/m0/s1. The smallest absolute Gasteiger partial charge is 0.119 e. The summed E-state index contributed by atoms with van der Waals surface area (Å²) in [7, 11) is 0. The number of para-hydroxylation sites is 1. The molecule has 0 saturated carbocycles. The lowest BCUT2D eigenvalue weighted by Gasteiger charge is -2.26. The van der Waals surface area contributed by atoms with E-state index in [1.807, 2.05) is 18.2 Å². The zero-order valence-corrected chi connectivity index (χ0v) is 10.8. The Morgan fingerprint density at radius 3 is 2.53 bits per heavy atom. The molecule has 0 aliphatic heterocycles. The third kappa shape index (κ3) is 2.44. The highest BCUT2D eigenvalue weighted by atomic mass is 16.3. The average molecular weight is 228 g/mol. The monoisotopic (exact) mass is 228 g/mol. The fraction of sp³-hybridized carbons (Fsp3) is 0.375. The second kappa shape index (κ2) is 4.79. The van der Waals surface area contributed by atoms with Gasteiger partial charge in [0.25, 0.3) is 0 Å². The van der Waals surface area contributed by atoms with Gasteiger partial charge in [0.2, 0.25) is 0 Å². The Bertz CT molecular complexity index is 476. The fourth-order valence-corrected chi connectivity index (χ4v) is 2.54. The summed E-state index contributed by atoms with van der Waals surface area (Å²) in [5.41, 5.74) is 5.28. The van der Waals surface area contributed by atoms with Crippen molar-refractivity contribution in [3.8, 4) is 5.75 Å². The number of hydrogen-bond donors (Lipinski definition) is 1. The second-order valence-corrected chi connectivity index (χ2v) is 5.07. The molecule has 1 nitrogen and oxygen atoms in total. The number of rotatable bonds is 1. The molecule has 0 bridgehead atoms. The number of allylic oxidation sites excluding steroid dienone is 4. The Balaban J connectivity index is 2.51. The van der Waals surface area contributed by atoms with Crippen LogP contribution in [-0.4, -0.2) is 5.11 Å². The molecule has 1 aromatic carbocycles. The van der Waals surface area contributed by atoms with Crippen molar-refractivity contribution in [1.29, 1.82) is 0 Å². The van der Waals surface area contributed by atoms with Crippen molar-refractivity contribution in [2.75, 3.05) is 0 Å². The quantitative estimate of drug-likeness (QED) is 0.699. The van der Waals surface area contributed by atoms with Crippen molar-refractivity contribution in [3.63, 3.8) is 0 Å². The van der Waals surface area contributed by atoms with Gasteiger partial charge < -0.3 is 5.11 Å². The van der Waals surface area contributed by atoms with Crippen LogP contribution in [0.2, 0.25) is 0 Å². The van der Waals surface area contributed by atoms with Gasteiger partial charge in [-0.3, -0.25) is 0 Å². The van der Waals surface area contributed by atoms with E-state index in [1.54, 1.807) is 6.07 Å². The molecule has 0 saturated heterocycles. The first kappa shape index (κ1) is 12.0. The Labute approximate surface area is 103 Å². The highest BCUT2D eigenvalue weighted by Crippen LogP contribution is 2.40. The van der Waals surface area contributed by atoms with E-state index in [0.717, 1.165) is 18.4 Å². The van der Waals surface area contributed by atoms with Crippen LogP contribution in [0, 0.1) is 0 Å². The molecule has 0 fully saturated rings. The van der Waals surface area contributed by atoms with Crippen LogP contribution >= 0.6 is 0 Å². The maximum absolute atomic E-state index is 10.00. The summed E-state index contributed by atoms with van der Waals surface area (Å²) in [6.07, 6.45) is 4.55. The first-order valence-corrected chi connectivity index (χ1v) is 6.21. The molecular formula is C16H20O. The molecule has 0 amide bonds. The first-order valence-electron chi connectivity index (χ1n) is 6.21. The molecule has 0 spiro atoms. The van der Waals surface area contributed by atoms with Crippen molar-refractivity contribution in [2.45, 2.75) is 39.5 Å². The lowest BCUT2D eigenvalue weighted by molar-refractivity contribution is 0.466. The van der Waals surface area contributed by atoms with Crippen LogP contribution in [0.25, 0.3) is 0 Å². The van der Waals surface area contributed by atoms with Crippen molar-refractivity contribution in [2.24, 2.45) is 0 Å². The Morgan fingerprint density at radius 1 is 1.18 bits per heavy atom. The lowest BCUT2D eigenvalue weighted by Crippen LogP contribution is -2.07. The molecule has 1 aliphatic rings. The molecule has 0 unspecified atom stereocenters. The van der Waals surface area contributed by atoms with E-state index < -0.39 is 0 Å². The zero-order chi connectivity index (χ0) is 12.4. The Hall–Kier alpha value is -1.50. The van der Waals surface area contributed by atoms with E-state index in [-0.39, 0.29) is 5.92 Å². The molecule has 0 heterocycles. The van der Waals surface area contributed by atoms with Crippen molar-refractivity contribution in [3.05, 3.63) is 52.6 Å². The van der Waals surface area contributed by atoms with Crippen molar-refractivity contribution < 1.29 is 5.11 Å². The molecule has 1 N–H and O–H groups in total. The average Bonchev–Trinajstić information content (AvgIpc) is 2.29. The summed E-state index contributed by atoms with van der Waals surface area (Å²) >= 11 is 0. The normalized spacial score (nSPS) is 20.1. The Kier molecular flexibility index (Phi) is 3.37. The number of hydrogen-bond acceptors (Lipinski definition) is 1. The number of benzene rings is 1. The third-order valence-electron chi connectivity index (χ3n) is 3.53. The summed E-state index contributed by atoms with van der Waals surface area (Å²) < 4.78 is 0. The van der Waals surface area contributed by atoms with Crippen molar-refractivity contribution in [1.82, 2.24) is 0 Å². The van der Waals surface area contributed by atoms with E-state index in [1.165, 1.54) is 16.7 Å². The summed E-state index contributed by atoms with van der Waals surface area (Å²) in [6, 6.07) is 7.67. The number of phenolic OH excluding ortho intramolecular Hbond substituents is 1. The highest BCUT2D eigenvalue weighted by Gasteiger charge is 2.21. The van der Waals surface area contributed by atoms with E-state index in [2.05, 4.69) is 26.8 Å². The van der Waals surface area contributed by atoms with Gasteiger partial charge in [-0.1, -0.05) is 41.0 Å². The molecule has 1 atom stereocenters. The van der Waals surface area contributed by atoms with Crippen LogP contribution in [0.1, 0.15) is 45.1 Å². The molecule has 1 heteroatoms. The van der Waals surface area contributed by atoms with Gasteiger partial charge in [-0.25, -0.2) is 0 Å². The second-order valence-electron chi connectivity index (χ2n) is 5.07. The van der Waals surface area contributed by atoms with Crippen LogP contribution in [0.3, 0.4) is 0 Å². The van der Waals surface area contributed by atoms with E-state index in [0.29, 0.717) is 5.75 Å². The maximum Gasteiger partial charge on any atom is 0.119 e. The van der Waals surface area contributed by atoms with Crippen LogP contribution in [0.4, 0.5) is 0 Å². The molecule has 17 heavy (non-hydrogen) atoms. The molecule has 2 rings (SSSR count). The largest absolute Gasteiger partial charge is 0.508 e. The van der Waals surface area contributed by atoms with Crippen molar-refractivity contribution >= 4 is 0 Å². The van der Waals surface area contributed by atoms with Gasteiger partial charge in [-0.15, -0.1) is 0 Å². The minimum Gasteiger partial charge on any atom is -0.508 e. The van der Waals surface area contributed by atoms with Crippen LogP contribution < -0.4 is 0 Å². The molecule has 0 aromatic heterocycles. The van der Waals surface area contributed by atoms with Crippen LogP contribution in [0.5, 0.6) is 5.75 Å². The predicted molar refractivity (Wildman–Crippen MR) is 72.2 cm³/mol. The topological polar surface area (TPSA) is 20.2 Å². The Morgan fingerprint density at radius 2 is 1.88 bits per heavy atom. The van der Waals surface area contributed by atoms with Crippen LogP contribution in [-0.2, 0) is 0 Å². The lowest BCUT2D eigenvalue weighted by atomic mass is 9.79. The van der Waals surface area contributed by atoms with Crippen LogP contribution in [0.15, 0.2) is 47.1 Å². The minimum absolute atomic E-state index is 0.259. The van der Waals surface area contributed by atoms with Gasteiger partial charge in [0, 0.05) is 11.5 Å². The van der Waals surface area contributed by atoms with E-state index >= 15 is 0 Å². The fourth-order valence-electron chi connectivity index (χ4n) is 2.54. The molecular weight excluding hydrogens is 208 g/mol. The molecule has 0 radical (unpaired) electrons. The van der Waals surface area contributed by atoms with Gasteiger partial charge in [0.05, 0.1) is 0 Å². The van der Waals surface area contributed by atoms with Gasteiger partial charge in [0.15, 0.2) is 0 Å².